The third kappa shape index (κ3) is 4.52. The molecule has 4 nitrogen and oxygen atoms in total. The Kier molecular flexibility index (Phi) is 6.43. The van der Waals surface area contributed by atoms with Crippen molar-refractivity contribution in [3.8, 4) is 11.5 Å². The molecule has 3 aliphatic heterocycles. The molecule has 0 N–H and O–H groups in total. The van der Waals surface area contributed by atoms with Gasteiger partial charge in [-0.25, -0.2) is 0 Å². The Bertz CT molecular complexity index is 1640. The van der Waals surface area contributed by atoms with Gasteiger partial charge in [-0.15, -0.1) is 0 Å². The van der Waals surface area contributed by atoms with Crippen LogP contribution in [0.1, 0.15) is 18.4 Å². The Balaban J connectivity index is 1.25. The first-order chi connectivity index (χ1) is 20.0. The van der Waals surface area contributed by atoms with Gasteiger partial charge in [-0.2, -0.15) is 0 Å². The van der Waals surface area contributed by atoms with E-state index in [1.807, 2.05) is 10.8 Å². The van der Waals surface area contributed by atoms with Crippen LogP contribution in [0.4, 0.5) is 0 Å². The number of rotatable bonds is 5. The first-order valence-corrected chi connectivity index (χ1v) is 17.5. The topological polar surface area (TPSA) is 28.4 Å². The molecule has 1 aromatic heterocycles. The Morgan fingerprint density at radius 3 is 2.15 bits per heavy atom. The van der Waals surface area contributed by atoms with E-state index in [0.717, 1.165) is 36.2 Å². The smallest absolute Gasteiger partial charge is 0.250 e. The molecule has 0 bridgehead atoms. The fourth-order valence-corrected chi connectivity index (χ4v) is 9.18. The molecule has 0 spiro atoms. The molecule has 1 saturated heterocycles. The molecule has 0 saturated carbocycles. The Labute approximate surface area is 244 Å². The minimum atomic E-state index is -2.18. The molecular weight excluding hydrogens is 517 g/mol. The van der Waals surface area contributed by atoms with Crippen LogP contribution in [0.25, 0.3) is 0 Å². The van der Waals surface area contributed by atoms with Crippen LogP contribution in [0.15, 0.2) is 115 Å². The molecular formula is C35H34BN3OSi. The molecule has 6 heteroatoms. The maximum Gasteiger partial charge on any atom is 0.250 e. The number of hydrogen-bond donors (Lipinski definition) is 0. The van der Waals surface area contributed by atoms with Crippen LogP contribution in [-0.4, -0.2) is 49.1 Å². The van der Waals surface area contributed by atoms with Crippen LogP contribution in [0.5, 0.6) is 11.5 Å². The van der Waals surface area contributed by atoms with Crippen molar-refractivity contribution in [3.63, 3.8) is 0 Å². The van der Waals surface area contributed by atoms with Gasteiger partial charge in [0.1, 0.15) is 25.8 Å². The van der Waals surface area contributed by atoms with Gasteiger partial charge in [0.2, 0.25) is 0 Å². The molecule has 0 amide bonds. The second kappa shape index (κ2) is 10.3. The lowest BCUT2D eigenvalue weighted by atomic mass is 9.36. The van der Waals surface area contributed by atoms with Gasteiger partial charge in [-0.1, -0.05) is 96.5 Å². The molecule has 7 rings (SSSR count). The van der Waals surface area contributed by atoms with Crippen molar-refractivity contribution in [2.24, 2.45) is 0 Å². The van der Waals surface area contributed by atoms with Gasteiger partial charge < -0.3 is 9.64 Å². The zero-order valence-electron chi connectivity index (χ0n) is 23.8. The fraction of sp³-hybridized carbons (Fsp3) is 0.171. The van der Waals surface area contributed by atoms with Gasteiger partial charge >= 0.3 is 0 Å². The number of hydrogen-bond acceptors (Lipinski definition) is 3. The largest absolute Gasteiger partial charge is 0.458 e. The van der Waals surface area contributed by atoms with Crippen molar-refractivity contribution in [1.82, 2.24) is 9.88 Å². The van der Waals surface area contributed by atoms with Gasteiger partial charge in [0.15, 0.2) is 6.04 Å². The molecule has 41 heavy (non-hydrogen) atoms. The number of pyridine rings is 1. The van der Waals surface area contributed by atoms with E-state index in [0.29, 0.717) is 0 Å². The summed E-state index contributed by atoms with van der Waals surface area (Å²) in [6.07, 6.45) is 11.1. The SMILES string of the molecule is C=[N+]1C=CC(N2CCCC2)=C[C-]1c1ccc([Si](C)(C)c2ccccc2B2c3ccccc3Oc3ccccc32)nc1. The molecule has 0 aliphatic carbocycles. The van der Waals surface area contributed by atoms with Crippen molar-refractivity contribution in [1.29, 1.82) is 0 Å². The minimum absolute atomic E-state index is 0.108. The van der Waals surface area contributed by atoms with Crippen molar-refractivity contribution >= 4 is 48.4 Å². The highest BCUT2D eigenvalue weighted by molar-refractivity contribution is 7.07. The van der Waals surface area contributed by atoms with E-state index in [1.54, 1.807) is 0 Å². The molecule has 4 heterocycles. The van der Waals surface area contributed by atoms with E-state index in [4.69, 9.17) is 9.72 Å². The Hall–Kier alpha value is -4.29. The zero-order valence-corrected chi connectivity index (χ0v) is 24.8. The summed E-state index contributed by atoms with van der Waals surface area (Å²) in [6, 6.07) is 31.4. The molecule has 0 radical (unpaired) electrons. The van der Waals surface area contributed by atoms with Crippen LogP contribution in [0, 0.1) is 6.04 Å². The lowest BCUT2D eigenvalue weighted by Gasteiger charge is -2.32. The van der Waals surface area contributed by atoms with E-state index in [1.165, 1.54) is 45.4 Å². The van der Waals surface area contributed by atoms with Crippen LogP contribution >= 0.6 is 0 Å². The second-order valence-corrected chi connectivity index (χ2v) is 16.0. The fourth-order valence-electron chi connectivity index (χ4n) is 6.55. The molecule has 3 aliphatic rings. The molecule has 0 unspecified atom stereocenters. The van der Waals surface area contributed by atoms with Crippen LogP contribution in [-0.2, 0) is 0 Å². The third-order valence-corrected chi connectivity index (χ3v) is 12.2. The quantitative estimate of drug-likeness (QED) is 0.190. The first kappa shape index (κ1) is 25.7. The highest BCUT2D eigenvalue weighted by Crippen LogP contribution is 2.27. The lowest BCUT2D eigenvalue weighted by Crippen LogP contribution is -2.67. The summed E-state index contributed by atoms with van der Waals surface area (Å²) in [7, 11) is -2.18. The van der Waals surface area contributed by atoms with E-state index in [9.17, 15) is 0 Å². The standard InChI is InChI=1S/C35H34BN3OSi/c1-38-23-20-27(39-21-10-11-22-39)24-31(38)26-18-19-35(37-25-26)41(2,3)34-17-9-6-14-30(34)36-28-12-4-7-15-32(28)40-33-16-8-5-13-29(33)36/h4-9,12-20,23-25H,1,10-11,21-22H2,2-3H3. The summed E-state index contributed by atoms with van der Waals surface area (Å²) >= 11 is 0. The van der Waals surface area contributed by atoms with Crippen molar-refractivity contribution in [2.45, 2.75) is 25.9 Å². The van der Waals surface area contributed by atoms with E-state index in [-0.39, 0.29) is 6.71 Å². The van der Waals surface area contributed by atoms with Gasteiger partial charge in [0.05, 0.1) is 6.72 Å². The Morgan fingerprint density at radius 2 is 1.49 bits per heavy atom. The van der Waals surface area contributed by atoms with E-state index in [2.05, 4.69) is 128 Å². The number of allylic oxidation sites excluding steroid dienone is 1. The molecule has 0 atom stereocenters. The summed E-state index contributed by atoms with van der Waals surface area (Å²) in [5.74, 6) is 1.87. The van der Waals surface area contributed by atoms with Crippen LogP contribution in [0.3, 0.4) is 0 Å². The second-order valence-electron chi connectivity index (χ2n) is 11.7. The molecule has 1 fully saturated rings. The Morgan fingerprint density at radius 1 is 0.854 bits per heavy atom. The zero-order chi connectivity index (χ0) is 28.0. The van der Waals surface area contributed by atoms with E-state index >= 15 is 0 Å². The average Bonchev–Trinajstić information content (AvgIpc) is 3.55. The van der Waals surface area contributed by atoms with Crippen molar-refractivity contribution in [2.75, 3.05) is 13.1 Å². The number of ether oxygens (including phenoxy) is 1. The van der Waals surface area contributed by atoms with Gasteiger partial charge in [-0.3, -0.25) is 9.56 Å². The number of aromatic nitrogens is 1. The highest BCUT2D eigenvalue weighted by atomic mass is 28.3. The maximum absolute atomic E-state index is 6.33. The summed E-state index contributed by atoms with van der Waals surface area (Å²) < 4.78 is 8.29. The summed E-state index contributed by atoms with van der Waals surface area (Å²) in [6.45, 7) is 11.4. The summed E-state index contributed by atoms with van der Waals surface area (Å²) in [5.41, 5.74) is 6.12. The predicted octanol–water partition coefficient (Wildman–Crippen LogP) is 3.63. The van der Waals surface area contributed by atoms with Crippen LogP contribution in [0.2, 0.25) is 13.1 Å². The summed E-state index contributed by atoms with van der Waals surface area (Å²) in [4.78, 5) is 7.59. The molecule has 4 aromatic rings. The summed E-state index contributed by atoms with van der Waals surface area (Å²) in [5, 5.41) is 2.58. The number of fused-ring (bicyclic) bond motifs is 2. The van der Waals surface area contributed by atoms with Gasteiger partial charge in [0.25, 0.3) is 6.71 Å². The normalized spacial score (nSPS) is 16.3. The monoisotopic (exact) mass is 551 g/mol. The number of nitrogens with zero attached hydrogens (tertiary/aromatic N) is 3. The molecule has 3 aromatic carbocycles. The lowest BCUT2D eigenvalue weighted by molar-refractivity contribution is -0.418. The highest BCUT2D eigenvalue weighted by Gasteiger charge is 2.38. The molecule has 202 valence electrons. The van der Waals surface area contributed by atoms with E-state index < -0.39 is 8.07 Å². The first-order valence-electron chi connectivity index (χ1n) is 14.5. The number of likely N-dealkylation sites (tertiary alicyclic amines) is 1. The maximum atomic E-state index is 6.33. The average molecular weight is 552 g/mol. The predicted molar refractivity (Wildman–Crippen MR) is 173 cm³/mol. The van der Waals surface area contributed by atoms with Crippen LogP contribution < -0.4 is 31.6 Å². The number of benzene rings is 3. The van der Waals surface area contributed by atoms with Crippen molar-refractivity contribution in [3.05, 3.63) is 127 Å². The third-order valence-electron chi connectivity index (χ3n) is 8.82. The van der Waals surface area contributed by atoms with Gasteiger partial charge in [-0.05, 0) is 65.5 Å². The van der Waals surface area contributed by atoms with Gasteiger partial charge in [0, 0.05) is 18.4 Å². The number of para-hydroxylation sites is 2. The minimum Gasteiger partial charge on any atom is -0.458 e. The van der Waals surface area contributed by atoms with Crippen molar-refractivity contribution < 1.29 is 9.31 Å².